The van der Waals surface area contributed by atoms with E-state index in [4.69, 9.17) is 0 Å². The van der Waals surface area contributed by atoms with Crippen LogP contribution in [0.2, 0.25) is 0 Å². The molecule has 0 spiro atoms. The normalized spacial score (nSPS) is 9.75. The second-order valence-electron chi connectivity index (χ2n) is 2.48. The Kier molecular flexibility index (Phi) is 3.32. The second-order valence-corrected chi connectivity index (χ2v) is 2.48. The summed E-state index contributed by atoms with van der Waals surface area (Å²) in [6.45, 7) is 0.815. The van der Waals surface area contributed by atoms with Crippen LogP contribution in [-0.4, -0.2) is 22.6 Å². The summed E-state index contributed by atoms with van der Waals surface area (Å²) in [6, 6.07) is 0. The monoisotopic (exact) mass is 168 g/mol. The fraction of sp³-hybridized carbons (Fsp3) is 0.500. The van der Waals surface area contributed by atoms with Crippen molar-refractivity contribution in [2.75, 3.05) is 7.11 Å². The van der Waals surface area contributed by atoms with Crippen molar-refractivity contribution < 1.29 is 9.53 Å². The zero-order valence-corrected chi connectivity index (χ0v) is 7.06. The lowest BCUT2D eigenvalue weighted by atomic mass is 10.3. The number of methoxy groups -OCH3 is 1. The zero-order valence-electron chi connectivity index (χ0n) is 7.06. The third kappa shape index (κ3) is 2.74. The van der Waals surface area contributed by atoms with E-state index in [0.29, 0.717) is 6.42 Å². The van der Waals surface area contributed by atoms with E-state index in [-0.39, 0.29) is 5.97 Å². The van der Waals surface area contributed by atoms with Crippen LogP contribution < -0.4 is 0 Å². The molecule has 0 aromatic carbocycles. The van der Waals surface area contributed by atoms with Gasteiger partial charge in [-0.05, 0) is 6.42 Å². The average Bonchev–Trinajstić information content (AvgIpc) is 2.57. The molecule has 0 unspecified atom stereocenters. The summed E-state index contributed by atoms with van der Waals surface area (Å²) in [6.07, 6.45) is 6.59. The van der Waals surface area contributed by atoms with Crippen LogP contribution in [0.5, 0.6) is 0 Å². The number of ether oxygens (including phenoxy) is 1. The van der Waals surface area contributed by atoms with E-state index in [1.165, 1.54) is 7.11 Å². The molecule has 4 heteroatoms. The summed E-state index contributed by atoms with van der Waals surface area (Å²) in [5.41, 5.74) is 0. The van der Waals surface area contributed by atoms with Gasteiger partial charge in [-0.25, -0.2) is 4.98 Å². The van der Waals surface area contributed by atoms with Crippen molar-refractivity contribution in [3.63, 3.8) is 0 Å². The molecule has 66 valence electrons. The minimum absolute atomic E-state index is 0.157. The molecule has 1 rings (SSSR count). The van der Waals surface area contributed by atoms with Crippen LogP contribution in [0.15, 0.2) is 18.7 Å². The van der Waals surface area contributed by atoms with Crippen LogP contribution in [0.4, 0.5) is 0 Å². The molecule has 1 heterocycles. The molecule has 0 aliphatic heterocycles. The zero-order chi connectivity index (χ0) is 8.81. The highest BCUT2D eigenvalue weighted by molar-refractivity contribution is 5.68. The number of carbonyl (C=O) groups is 1. The van der Waals surface area contributed by atoms with E-state index in [2.05, 4.69) is 9.72 Å². The topological polar surface area (TPSA) is 44.1 Å². The molecule has 0 saturated heterocycles. The van der Waals surface area contributed by atoms with Crippen LogP contribution in [0, 0.1) is 0 Å². The lowest BCUT2D eigenvalue weighted by molar-refractivity contribution is -0.140. The van der Waals surface area contributed by atoms with Gasteiger partial charge in [0.05, 0.1) is 13.4 Å². The first-order valence-electron chi connectivity index (χ1n) is 3.85. The molecule has 0 N–H and O–H groups in total. The van der Waals surface area contributed by atoms with Gasteiger partial charge < -0.3 is 9.30 Å². The van der Waals surface area contributed by atoms with Gasteiger partial charge in [0.2, 0.25) is 0 Å². The highest BCUT2D eigenvalue weighted by Crippen LogP contribution is 1.96. The Morgan fingerprint density at radius 3 is 3.08 bits per heavy atom. The quantitative estimate of drug-likeness (QED) is 0.625. The Hall–Kier alpha value is -1.32. The third-order valence-corrected chi connectivity index (χ3v) is 1.58. The molecule has 0 bridgehead atoms. The summed E-state index contributed by atoms with van der Waals surface area (Å²) in [7, 11) is 1.40. The van der Waals surface area contributed by atoms with Gasteiger partial charge in [-0.1, -0.05) is 0 Å². The maximum Gasteiger partial charge on any atom is 0.305 e. The highest BCUT2D eigenvalue weighted by Gasteiger charge is 1.98. The number of esters is 1. The van der Waals surface area contributed by atoms with Crippen molar-refractivity contribution in [2.45, 2.75) is 19.4 Å². The first-order valence-corrected chi connectivity index (χ1v) is 3.85. The van der Waals surface area contributed by atoms with E-state index in [9.17, 15) is 4.79 Å². The molecular formula is C8H12N2O2. The molecule has 0 amide bonds. The molecule has 4 nitrogen and oxygen atoms in total. The summed E-state index contributed by atoms with van der Waals surface area (Å²) in [5, 5.41) is 0. The summed E-state index contributed by atoms with van der Waals surface area (Å²) in [5.74, 6) is -0.157. The van der Waals surface area contributed by atoms with Crippen LogP contribution in [0.25, 0.3) is 0 Å². The number of aryl methyl sites for hydroxylation is 1. The molecule has 0 aliphatic carbocycles. The Bertz CT molecular complexity index is 231. The molecule has 0 radical (unpaired) electrons. The van der Waals surface area contributed by atoms with Gasteiger partial charge in [0.25, 0.3) is 0 Å². The SMILES string of the molecule is COC(=O)CCCn1ccnc1. The van der Waals surface area contributed by atoms with Crippen LogP contribution >= 0.6 is 0 Å². The largest absolute Gasteiger partial charge is 0.469 e. The van der Waals surface area contributed by atoms with Crippen molar-refractivity contribution >= 4 is 5.97 Å². The van der Waals surface area contributed by atoms with Crippen LogP contribution in [-0.2, 0) is 16.1 Å². The predicted molar refractivity (Wildman–Crippen MR) is 43.5 cm³/mol. The number of hydrogen-bond donors (Lipinski definition) is 0. The Morgan fingerprint density at radius 1 is 1.67 bits per heavy atom. The maximum absolute atomic E-state index is 10.7. The van der Waals surface area contributed by atoms with Crippen molar-refractivity contribution in [1.82, 2.24) is 9.55 Å². The summed E-state index contributed by atoms with van der Waals surface area (Å²) < 4.78 is 6.44. The number of nitrogens with zero attached hydrogens (tertiary/aromatic N) is 2. The minimum Gasteiger partial charge on any atom is -0.469 e. The van der Waals surface area contributed by atoms with Gasteiger partial charge in [-0.15, -0.1) is 0 Å². The Morgan fingerprint density at radius 2 is 2.50 bits per heavy atom. The number of carbonyl (C=O) groups excluding carboxylic acids is 1. The Balaban J connectivity index is 2.15. The van der Waals surface area contributed by atoms with E-state index >= 15 is 0 Å². The molecule has 0 saturated carbocycles. The van der Waals surface area contributed by atoms with Gasteiger partial charge in [0.15, 0.2) is 0 Å². The fourth-order valence-corrected chi connectivity index (χ4v) is 0.927. The molecule has 0 fully saturated rings. The number of hydrogen-bond acceptors (Lipinski definition) is 3. The van der Waals surface area contributed by atoms with Crippen molar-refractivity contribution in [3.8, 4) is 0 Å². The van der Waals surface area contributed by atoms with Gasteiger partial charge in [-0.2, -0.15) is 0 Å². The highest BCUT2D eigenvalue weighted by atomic mass is 16.5. The molecule has 1 aromatic heterocycles. The molecule has 0 atom stereocenters. The molecular weight excluding hydrogens is 156 g/mol. The lowest BCUT2D eigenvalue weighted by Gasteiger charge is -2.00. The lowest BCUT2D eigenvalue weighted by Crippen LogP contribution is -2.02. The minimum atomic E-state index is -0.157. The molecule has 12 heavy (non-hydrogen) atoms. The number of imidazole rings is 1. The smallest absolute Gasteiger partial charge is 0.305 e. The average molecular weight is 168 g/mol. The predicted octanol–water partition coefficient (Wildman–Crippen LogP) is 0.836. The second kappa shape index (κ2) is 4.54. The van der Waals surface area contributed by atoms with Crippen molar-refractivity contribution in [2.24, 2.45) is 0 Å². The summed E-state index contributed by atoms with van der Waals surface area (Å²) >= 11 is 0. The van der Waals surface area contributed by atoms with E-state index < -0.39 is 0 Å². The summed E-state index contributed by atoms with van der Waals surface area (Å²) in [4.78, 5) is 14.6. The Labute approximate surface area is 71.2 Å². The van der Waals surface area contributed by atoms with Gasteiger partial charge >= 0.3 is 5.97 Å². The van der Waals surface area contributed by atoms with Gasteiger partial charge in [-0.3, -0.25) is 4.79 Å². The fourth-order valence-electron chi connectivity index (χ4n) is 0.927. The maximum atomic E-state index is 10.7. The van der Waals surface area contributed by atoms with Gasteiger partial charge in [0, 0.05) is 25.4 Å². The molecule has 0 aliphatic rings. The van der Waals surface area contributed by atoms with Crippen molar-refractivity contribution in [1.29, 1.82) is 0 Å². The third-order valence-electron chi connectivity index (χ3n) is 1.58. The van der Waals surface area contributed by atoms with Crippen LogP contribution in [0.3, 0.4) is 0 Å². The van der Waals surface area contributed by atoms with E-state index in [0.717, 1.165) is 13.0 Å². The van der Waals surface area contributed by atoms with Crippen LogP contribution in [0.1, 0.15) is 12.8 Å². The van der Waals surface area contributed by atoms with E-state index in [1.54, 1.807) is 12.5 Å². The van der Waals surface area contributed by atoms with Crippen molar-refractivity contribution in [3.05, 3.63) is 18.7 Å². The van der Waals surface area contributed by atoms with Gasteiger partial charge in [0.1, 0.15) is 0 Å². The molecule has 1 aromatic rings. The first kappa shape index (κ1) is 8.77. The standard InChI is InChI=1S/C8H12N2O2/c1-12-8(11)3-2-5-10-6-4-9-7-10/h4,6-7H,2-3,5H2,1H3. The number of aromatic nitrogens is 2. The van der Waals surface area contributed by atoms with E-state index in [1.807, 2.05) is 10.8 Å². The first-order chi connectivity index (χ1) is 5.83. The number of rotatable bonds is 4.